The number of aromatic nitrogens is 1. The van der Waals surface area contributed by atoms with Crippen molar-refractivity contribution in [2.75, 3.05) is 44.7 Å². The molecule has 1 aliphatic rings. The molecule has 25 heavy (non-hydrogen) atoms. The number of rotatable bonds is 5. The first-order valence-electron chi connectivity index (χ1n) is 8.58. The molecule has 2 heterocycles. The van der Waals surface area contributed by atoms with Gasteiger partial charge in [-0.25, -0.2) is 4.79 Å². The van der Waals surface area contributed by atoms with Gasteiger partial charge in [-0.3, -0.25) is 9.88 Å². The summed E-state index contributed by atoms with van der Waals surface area (Å²) in [6, 6.07) is 3.61. The van der Waals surface area contributed by atoms with E-state index >= 15 is 0 Å². The highest BCUT2D eigenvalue weighted by molar-refractivity contribution is 5.70. The zero-order valence-electron chi connectivity index (χ0n) is 15.5. The number of piperazine rings is 1. The van der Waals surface area contributed by atoms with Gasteiger partial charge in [0.15, 0.2) is 0 Å². The summed E-state index contributed by atoms with van der Waals surface area (Å²) in [7, 11) is 2.02. The van der Waals surface area contributed by atoms with Gasteiger partial charge in [-0.1, -0.05) is 0 Å². The van der Waals surface area contributed by atoms with Gasteiger partial charge >= 0.3 is 6.09 Å². The molecule has 0 N–H and O–H groups in total. The van der Waals surface area contributed by atoms with Gasteiger partial charge in [0.2, 0.25) is 0 Å². The molecule has 1 aromatic heterocycles. The number of ether oxygens (including phenoxy) is 1. The summed E-state index contributed by atoms with van der Waals surface area (Å²) in [6.07, 6.45) is 4.09. The lowest BCUT2D eigenvalue weighted by Crippen LogP contribution is -2.57. The molecule has 0 aromatic carbocycles. The number of hydrogen-bond donors (Lipinski definition) is 0. The Morgan fingerprint density at radius 1 is 1.36 bits per heavy atom. The second kappa shape index (κ2) is 8.29. The van der Waals surface area contributed by atoms with E-state index in [9.17, 15) is 9.59 Å². The maximum atomic E-state index is 12.2. The maximum Gasteiger partial charge on any atom is 0.410 e. The molecule has 2 rings (SSSR count). The van der Waals surface area contributed by atoms with E-state index in [0.717, 1.165) is 25.1 Å². The molecule has 1 fully saturated rings. The summed E-state index contributed by atoms with van der Waals surface area (Å²) in [5, 5.41) is 0. The van der Waals surface area contributed by atoms with Gasteiger partial charge in [-0.05, 0) is 32.9 Å². The van der Waals surface area contributed by atoms with Gasteiger partial charge in [0.25, 0.3) is 0 Å². The summed E-state index contributed by atoms with van der Waals surface area (Å²) in [4.78, 5) is 33.6. The molecule has 0 radical (unpaired) electrons. The smallest absolute Gasteiger partial charge is 0.410 e. The van der Waals surface area contributed by atoms with Crippen molar-refractivity contribution in [1.82, 2.24) is 14.8 Å². The lowest BCUT2D eigenvalue weighted by atomic mass is 10.2. The molecule has 1 unspecified atom stereocenters. The van der Waals surface area contributed by atoms with Crippen LogP contribution in [0.1, 0.15) is 20.8 Å². The molecule has 1 aliphatic heterocycles. The minimum absolute atomic E-state index is 0.299. The van der Waals surface area contributed by atoms with E-state index in [-0.39, 0.29) is 12.1 Å². The molecule has 7 nitrogen and oxygen atoms in total. The molecule has 0 spiro atoms. The third kappa shape index (κ3) is 5.70. The van der Waals surface area contributed by atoms with E-state index in [1.54, 1.807) is 17.3 Å². The molecule has 1 saturated heterocycles. The zero-order valence-corrected chi connectivity index (χ0v) is 15.5. The van der Waals surface area contributed by atoms with Crippen molar-refractivity contribution >= 4 is 18.1 Å². The highest BCUT2D eigenvalue weighted by atomic mass is 16.6. The Hall–Kier alpha value is -2.15. The van der Waals surface area contributed by atoms with Crippen LogP contribution in [0.25, 0.3) is 0 Å². The molecule has 7 heteroatoms. The lowest BCUT2D eigenvalue weighted by Gasteiger charge is -2.39. The summed E-state index contributed by atoms with van der Waals surface area (Å²) < 4.78 is 5.40. The second-order valence-corrected chi connectivity index (χ2v) is 7.29. The molecule has 0 saturated carbocycles. The molecule has 1 atom stereocenters. The fourth-order valence-electron chi connectivity index (χ4n) is 2.75. The van der Waals surface area contributed by atoms with Crippen LogP contribution >= 0.6 is 0 Å². The largest absolute Gasteiger partial charge is 0.444 e. The first-order chi connectivity index (χ1) is 11.8. The van der Waals surface area contributed by atoms with Gasteiger partial charge in [0, 0.05) is 57.9 Å². The maximum absolute atomic E-state index is 12.2. The number of pyridine rings is 1. The molecule has 1 aromatic rings. The Balaban J connectivity index is 1.87. The van der Waals surface area contributed by atoms with Crippen LogP contribution in [-0.2, 0) is 9.53 Å². The number of likely N-dealkylation sites (N-methyl/N-ethyl adjacent to an activating group) is 1. The predicted molar refractivity (Wildman–Crippen MR) is 96.7 cm³/mol. The summed E-state index contributed by atoms with van der Waals surface area (Å²) in [5.74, 6) is 0. The number of aldehydes is 1. The standard InChI is InChI=1S/C18H28N4O3/c1-18(2,3)25-17(24)22-12-11-21(16(13-22)14-23)10-9-20(4)15-5-7-19-8-6-15/h5-8,14,16H,9-13H2,1-4H3. The molecular formula is C18H28N4O3. The van der Waals surface area contributed by atoms with Gasteiger partial charge in [-0.2, -0.15) is 0 Å². The van der Waals surface area contributed by atoms with Gasteiger partial charge in [0.05, 0.1) is 6.04 Å². The van der Waals surface area contributed by atoms with Crippen LogP contribution in [0.3, 0.4) is 0 Å². The van der Waals surface area contributed by atoms with E-state index in [1.165, 1.54) is 0 Å². The predicted octanol–water partition coefficient (Wildman–Crippen LogP) is 1.64. The minimum atomic E-state index is -0.530. The summed E-state index contributed by atoms with van der Waals surface area (Å²) in [5.41, 5.74) is 0.558. The summed E-state index contributed by atoms with van der Waals surface area (Å²) >= 11 is 0. The quantitative estimate of drug-likeness (QED) is 0.754. The SMILES string of the molecule is CN(CCN1CCN(C(=O)OC(C)(C)C)CC1C=O)c1ccncc1. The van der Waals surface area contributed by atoms with E-state index < -0.39 is 5.60 Å². The van der Waals surface area contributed by atoms with Crippen molar-refractivity contribution in [2.45, 2.75) is 32.4 Å². The Labute approximate surface area is 149 Å². The number of anilines is 1. The molecule has 138 valence electrons. The van der Waals surface area contributed by atoms with Crippen LogP contribution in [0.2, 0.25) is 0 Å². The second-order valence-electron chi connectivity index (χ2n) is 7.29. The first kappa shape index (κ1) is 19.2. The number of amides is 1. The van der Waals surface area contributed by atoms with Crippen molar-refractivity contribution in [3.63, 3.8) is 0 Å². The lowest BCUT2D eigenvalue weighted by molar-refractivity contribution is -0.114. The van der Waals surface area contributed by atoms with Crippen LogP contribution in [0, 0.1) is 0 Å². The minimum Gasteiger partial charge on any atom is -0.444 e. The normalized spacial score (nSPS) is 18.7. The van der Waals surface area contributed by atoms with E-state index in [1.807, 2.05) is 40.0 Å². The fraction of sp³-hybridized carbons (Fsp3) is 0.611. The van der Waals surface area contributed by atoms with Crippen LogP contribution < -0.4 is 4.90 Å². The molecular weight excluding hydrogens is 320 g/mol. The first-order valence-corrected chi connectivity index (χ1v) is 8.58. The topological polar surface area (TPSA) is 66.0 Å². The van der Waals surface area contributed by atoms with E-state index in [2.05, 4.69) is 14.8 Å². The van der Waals surface area contributed by atoms with Crippen molar-refractivity contribution in [1.29, 1.82) is 0 Å². The van der Waals surface area contributed by atoms with Crippen LogP contribution in [0.15, 0.2) is 24.5 Å². The third-order valence-electron chi connectivity index (χ3n) is 4.17. The van der Waals surface area contributed by atoms with Crippen LogP contribution in [0.5, 0.6) is 0 Å². The Morgan fingerprint density at radius 2 is 2.04 bits per heavy atom. The number of hydrogen-bond acceptors (Lipinski definition) is 6. The van der Waals surface area contributed by atoms with Gasteiger partial charge in [0.1, 0.15) is 11.9 Å². The van der Waals surface area contributed by atoms with E-state index in [0.29, 0.717) is 19.6 Å². The van der Waals surface area contributed by atoms with E-state index in [4.69, 9.17) is 4.74 Å². The highest BCUT2D eigenvalue weighted by Crippen LogP contribution is 2.15. The van der Waals surface area contributed by atoms with Crippen molar-refractivity contribution in [3.05, 3.63) is 24.5 Å². The van der Waals surface area contributed by atoms with Crippen molar-refractivity contribution in [3.8, 4) is 0 Å². The Bertz CT molecular complexity index is 573. The Morgan fingerprint density at radius 3 is 2.64 bits per heavy atom. The fourth-order valence-corrected chi connectivity index (χ4v) is 2.75. The average molecular weight is 348 g/mol. The molecule has 1 amide bonds. The summed E-state index contributed by atoms with van der Waals surface area (Å²) in [6.45, 7) is 8.67. The Kier molecular flexibility index (Phi) is 6.36. The van der Waals surface area contributed by atoms with Crippen LogP contribution in [0.4, 0.5) is 10.5 Å². The average Bonchev–Trinajstić information content (AvgIpc) is 2.58. The van der Waals surface area contributed by atoms with Crippen molar-refractivity contribution in [2.24, 2.45) is 0 Å². The van der Waals surface area contributed by atoms with Gasteiger partial charge < -0.3 is 19.3 Å². The monoisotopic (exact) mass is 348 g/mol. The molecule has 0 aliphatic carbocycles. The highest BCUT2D eigenvalue weighted by Gasteiger charge is 2.31. The number of nitrogens with zero attached hydrogens (tertiary/aromatic N) is 4. The number of carbonyl (C=O) groups is 2. The number of carbonyl (C=O) groups excluding carboxylic acids is 2. The zero-order chi connectivity index (χ0) is 18.4. The van der Waals surface area contributed by atoms with Gasteiger partial charge in [-0.15, -0.1) is 0 Å². The van der Waals surface area contributed by atoms with Crippen molar-refractivity contribution < 1.29 is 14.3 Å². The van der Waals surface area contributed by atoms with Crippen LogP contribution in [-0.4, -0.2) is 78.6 Å². The molecule has 0 bridgehead atoms. The third-order valence-corrected chi connectivity index (χ3v) is 4.17.